The zero-order chi connectivity index (χ0) is 16.4. The van der Waals surface area contributed by atoms with Gasteiger partial charge in [0.2, 0.25) is 5.91 Å². The largest absolute Gasteiger partial charge is 0.369 e. The molecule has 0 atom stereocenters. The maximum atomic E-state index is 11.3. The van der Waals surface area contributed by atoms with E-state index >= 15 is 0 Å². The average Bonchev–Trinajstić information content (AvgIpc) is 2.92. The molecule has 23 heavy (non-hydrogen) atoms. The van der Waals surface area contributed by atoms with Crippen molar-refractivity contribution in [3.63, 3.8) is 0 Å². The van der Waals surface area contributed by atoms with Crippen molar-refractivity contribution in [3.05, 3.63) is 29.3 Å². The number of amides is 1. The highest BCUT2D eigenvalue weighted by atomic mass is 16.1. The zero-order valence-electron chi connectivity index (χ0n) is 13.5. The van der Waals surface area contributed by atoms with Gasteiger partial charge in [-0.15, -0.1) is 0 Å². The Bertz CT molecular complexity index is 702. The minimum atomic E-state index is -0.190. The fourth-order valence-corrected chi connectivity index (χ4v) is 3.09. The number of nitrogens with zero attached hydrogens (tertiary/aromatic N) is 3. The van der Waals surface area contributed by atoms with Crippen LogP contribution in [-0.2, 0) is 4.79 Å². The van der Waals surface area contributed by atoms with Crippen molar-refractivity contribution in [3.8, 4) is 0 Å². The second-order valence-corrected chi connectivity index (χ2v) is 6.26. The summed E-state index contributed by atoms with van der Waals surface area (Å²) < 4.78 is 0. The molecule has 1 amide bonds. The molecule has 7 nitrogen and oxygen atoms in total. The molecule has 1 aliphatic rings. The molecule has 0 aliphatic heterocycles. The Morgan fingerprint density at radius 3 is 2.52 bits per heavy atom. The van der Waals surface area contributed by atoms with Crippen LogP contribution in [0.5, 0.6) is 0 Å². The van der Waals surface area contributed by atoms with E-state index in [9.17, 15) is 4.79 Å². The summed E-state index contributed by atoms with van der Waals surface area (Å²) in [6, 6.07) is 3.83. The second-order valence-electron chi connectivity index (χ2n) is 6.26. The summed E-state index contributed by atoms with van der Waals surface area (Å²) in [5.74, 6) is 2.42. The minimum absolute atomic E-state index is 0.000635. The lowest BCUT2D eigenvalue weighted by Gasteiger charge is -2.25. The summed E-state index contributed by atoms with van der Waals surface area (Å²) in [5.41, 5.74) is 7.30. The van der Waals surface area contributed by atoms with Crippen LogP contribution in [0.15, 0.2) is 12.1 Å². The highest BCUT2D eigenvalue weighted by molar-refractivity contribution is 5.76. The molecule has 0 unspecified atom stereocenters. The van der Waals surface area contributed by atoms with E-state index in [1.165, 1.54) is 0 Å². The van der Waals surface area contributed by atoms with E-state index in [4.69, 9.17) is 5.73 Å². The number of aryl methyl sites for hydroxylation is 2. The van der Waals surface area contributed by atoms with Gasteiger partial charge in [0.25, 0.3) is 0 Å². The van der Waals surface area contributed by atoms with E-state index in [1.807, 2.05) is 26.0 Å². The molecule has 2 aromatic rings. The molecule has 0 saturated heterocycles. The lowest BCUT2D eigenvalue weighted by Crippen LogP contribution is -2.27. The van der Waals surface area contributed by atoms with Gasteiger partial charge in [0, 0.05) is 35.4 Å². The van der Waals surface area contributed by atoms with Gasteiger partial charge in [-0.05, 0) is 39.5 Å². The van der Waals surface area contributed by atoms with Crippen LogP contribution in [0.4, 0.5) is 11.6 Å². The van der Waals surface area contributed by atoms with Crippen LogP contribution >= 0.6 is 0 Å². The van der Waals surface area contributed by atoms with Crippen molar-refractivity contribution in [1.82, 2.24) is 20.2 Å². The molecular formula is C16H22N6O. The number of rotatable bonds is 4. The van der Waals surface area contributed by atoms with Crippen LogP contribution < -0.4 is 11.1 Å². The van der Waals surface area contributed by atoms with E-state index in [0.29, 0.717) is 0 Å². The third kappa shape index (κ3) is 3.67. The first-order chi connectivity index (χ1) is 11.0. The Labute approximate surface area is 135 Å². The number of aromatic amines is 1. The second kappa shape index (κ2) is 6.36. The topological polar surface area (TPSA) is 110 Å². The van der Waals surface area contributed by atoms with Gasteiger partial charge in [-0.3, -0.25) is 9.89 Å². The summed E-state index contributed by atoms with van der Waals surface area (Å²) in [4.78, 5) is 20.5. The Balaban J connectivity index is 1.74. The molecule has 1 saturated carbocycles. The number of nitrogens with two attached hydrogens (primary N) is 1. The van der Waals surface area contributed by atoms with E-state index in [-0.39, 0.29) is 17.7 Å². The van der Waals surface area contributed by atoms with Gasteiger partial charge in [0.1, 0.15) is 11.6 Å². The molecule has 1 fully saturated rings. The highest BCUT2D eigenvalue weighted by Crippen LogP contribution is 2.34. The van der Waals surface area contributed by atoms with Crippen LogP contribution in [0.1, 0.15) is 48.8 Å². The van der Waals surface area contributed by atoms with Gasteiger partial charge < -0.3 is 11.1 Å². The molecule has 2 aromatic heterocycles. The number of carbonyl (C=O) groups is 1. The van der Waals surface area contributed by atoms with Crippen LogP contribution in [0.2, 0.25) is 0 Å². The molecule has 1 aliphatic carbocycles. The zero-order valence-corrected chi connectivity index (χ0v) is 13.5. The normalized spacial score (nSPS) is 21.1. The number of aromatic nitrogens is 4. The molecule has 0 radical (unpaired) electrons. The summed E-state index contributed by atoms with van der Waals surface area (Å²) in [5, 5.41) is 10.3. The fourth-order valence-electron chi connectivity index (χ4n) is 3.09. The summed E-state index contributed by atoms with van der Waals surface area (Å²) >= 11 is 0. The Kier molecular flexibility index (Phi) is 4.27. The third-order valence-corrected chi connectivity index (χ3v) is 4.33. The van der Waals surface area contributed by atoms with Crippen LogP contribution in [0.25, 0.3) is 0 Å². The lowest BCUT2D eigenvalue weighted by molar-refractivity contribution is -0.122. The molecule has 7 heteroatoms. The van der Waals surface area contributed by atoms with Crippen molar-refractivity contribution in [2.75, 3.05) is 5.32 Å². The Morgan fingerprint density at radius 2 is 1.91 bits per heavy atom. The van der Waals surface area contributed by atoms with Crippen molar-refractivity contribution >= 4 is 17.5 Å². The van der Waals surface area contributed by atoms with Crippen molar-refractivity contribution in [2.45, 2.75) is 45.4 Å². The molecular weight excluding hydrogens is 292 g/mol. The van der Waals surface area contributed by atoms with Crippen molar-refractivity contribution in [2.24, 2.45) is 11.7 Å². The number of hydrogen-bond acceptors (Lipinski definition) is 5. The number of anilines is 2. The molecule has 4 N–H and O–H groups in total. The Hall–Kier alpha value is -2.44. The van der Waals surface area contributed by atoms with Gasteiger partial charge in [0.15, 0.2) is 5.82 Å². The predicted octanol–water partition coefficient (Wildman–Crippen LogP) is 2.32. The Morgan fingerprint density at radius 1 is 1.17 bits per heavy atom. The lowest BCUT2D eigenvalue weighted by atomic mass is 9.81. The minimum Gasteiger partial charge on any atom is -0.369 e. The van der Waals surface area contributed by atoms with Gasteiger partial charge >= 0.3 is 0 Å². The SMILES string of the molecule is Cc1cc(Nc2cc(C)[nH]n2)nc(C2CCC(C(N)=O)CC2)n1. The van der Waals surface area contributed by atoms with Crippen molar-refractivity contribution < 1.29 is 4.79 Å². The summed E-state index contributed by atoms with van der Waals surface area (Å²) in [7, 11) is 0. The summed E-state index contributed by atoms with van der Waals surface area (Å²) in [6.45, 7) is 3.91. The first kappa shape index (κ1) is 15.5. The predicted molar refractivity (Wildman–Crippen MR) is 87.3 cm³/mol. The number of primary amides is 1. The number of hydrogen-bond donors (Lipinski definition) is 3. The van der Waals surface area contributed by atoms with E-state index < -0.39 is 0 Å². The third-order valence-electron chi connectivity index (χ3n) is 4.33. The molecule has 0 spiro atoms. The number of nitrogens with one attached hydrogen (secondary N) is 2. The van der Waals surface area contributed by atoms with E-state index in [0.717, 1.165) is 54.5 Å². The number of carbonyl (C=O) groups excluding carboxylic acids is 1. The summed E-state index contributed by atoms with van der Waals surface area (Å²) in [6.07, 6.45) is 3.44. The van der Waals surface area contributed by atoms with Crippen LogP contribution in [0, 0.1) is 19.8 Å². The maximum absolute atomic E-state index is 11.3. The smallest absolute Gasteiger partial charge is 0.220 e. The van der Waals surface area contributed by atoms with E-state index in [2.05, 4.69) is 25.5 Å². The van der Waals surface area contributed by atoms with Crippen LogP contribution in [0.3, 0.4) is 0 Å². The highest BCUT2D eigenvalue weighted by Gasteiger charge is 2.27. The molecule has 122 valence electrons. The molecule has 0 aromatic carbocycles. The van der Waals surface area contributed by atoms with Gasteiger partial charge in [-0.25, -0.2) is 9.97 Å². The average molecular weight is 314 g/mol. The van der Waals surface area contributed by atoms with Crippen LogP contribution in [-0.4, -0.2) is 26.1 Å². The van der Waals surface area contributed by atoms with Gasteiger partial charge in [-0.1, -0.05) is 0 Å². The molecule has 0 bridgehead atoms. The maximum Gasteiger partial charge on any atom is 0.220 e. The fraction of sp³-hybridized carbons (Fsp3) is 0.500. The number of H-pyrrole nitrogens is 1. The first-order valence-corrected chi connectivity index (χ1v) is 7.95. The first-order valence-electron chi connectivity index (χ1n) is 7.95. The standard InChI is InChI=1S/C16H22N6O/c1-9-7-13(19-14-8-10(2)21-22-14)20-16(18-9)12-5-3-11(4-6-12)15(17)23/h7-8,11-12H,3-6H2,1-2H3,(H2,17,23)(H2,18,19,20,21,22). The van der Waals surface area contributed by atoms with Gasteiger partial charge in [-0.2, -0.15) is 5.10 Å². The monoisotopic (exact) mass is 314 g/mol. The van der Waals surface area contributed by atoms with E-state index in [1.54, 1.807) is 0 Å². The molecule has 2 heterocycles. The van der Waals surface area contributed by atoms with Crippen molar-refractivity contribution in [1.29, 1.82) is 0 Å². The molecule has 3 rings (SSSR count). The van der Waals surface area contributed by atoms with Gasteiger partial charge in [0.05, 0.1) is 0 Å². The quantitative estimate of drug-likeness (QED) is 0.802.